The molecular formula is C14H9Cl3O. The number of hydrogen-bond acceptors (Lipinski definition) is 1. The Balaban J connectivity index is 2.26. The van der Waals surface area contributed by atoms with Gasteiger partial charge in [-0.05, 0) is 11.6 Å². The first-order valence-corrected chi connectivity index (χ1v) is 6.43. The molecule has 4 heteroatoms. The van der Waals surface area contributed by atoms with E-state index in [1.54, 1.807) is 24.3 Å². The highest BCUT2D eigenvalue weighted by molar-refractivity contribution is 6.48. The summed E-state index contributed by atoms with van der Waals surface area (Å²) >= 11 is 17.8. The molecule has 1 nitrogen and oxygen atoms in total. The number of rotatable bonds is 3. The minimum absolute atomic E-state index is 0.00381. The molecule has 0 saturated carbocycles. The molecule has 18 heavy (non-hydrogen) atoms. The quantitative estimate of drug-likeness (QED) is 0.571. The second kappa shape index (κ2) is 5.75. The van der Waals surface area contributed by atoms with Crippen LogP contribution < -0.4 is 0 Å². The van der Waals surface area contributed by atoms with E-state index in [-0.39, 0.29) is 17.2 Å². The summed E-state index contributed by atoms with van der Waals surface area (Å²) in [7, 11) is 0. The number of hydrogen-bond donors (Lipinski definition) is 0. The maximum absolute atomic E-state index is 12.0. The summed E-state index contributed by atoms with van der Waals surface area (Å²) in [5.74, 6) is -0.00381. The van der Waals surface area contributed by atoms with Crippen molar-refractivity contribution < 1.29 is 4.79 Å². The summed E-state index contributed by atoms with van der Waals surface area (Å²) in [5.41, 5.74) is 1.33. The van der Waals surface area contributed by atoms with Gasteiger partial charge in [-0.25, -0.2) is 0 Å². The number of carbonyl (C=O) groups excluding carboxylic acids is 1. The van der Waals surface area contributed by atoms with Gasteiger partial charge in [-0.1, -0.05) is 71.2 Å². The molecule has 0 radical (unpaired) electrons. The summed E-state index contributed by atoms with van der Waals surface area (Å²) < 4.78 is 0. The SMILES string of the molecule is O=C(Cc1ccc(Cl)c(Cl)c1Cl)c1ccccc1. The van der Waals surface area contributed by atoms with Crippen LogP contribution in [-0.2, 0) is 6.42 Å². The summed E-state index contributed by atoms with van der Waals surface area (Å²) in [6.07, 6.45) is 0.208. The third-order valence-corrected chi connectivity index (χ3v) is 3.89. The summed E-state index contributed by atoms with van der Waals surface area (Å²) in [5, 5.41) is 1.02. The van der Waals surface area contributed by atoms with Gasteiger partial charge in [-0.15, -0.1) is 0 Å². The number of carbonyl (C=O) groups is 1. The normalized spacial score (nSPS) is 10.4. The molecule has 2 aromatic rings. The van der Waals surface area contributed by atoms with E-state index in [0.29, 0.717) is 21.2 Å². The molecule has 2 rings (SSSR count). The summed E-state index contributed by atoms with van der Waals surface area (Å²) in [6.45, 7) is 0. The van der Waals surface area contributed by atoms with E-state index in [0.717, 1.165) is 0 Å². The third kappa shape index (κ3) is 2.86. The second-order valence-electron chi connectivity index (χ2n) is 3.80. The molecule has 2 aromatic carbocycles. The van der Waals surface area contributed by atoms with Crippen molar-refractivity contribution in [3.05, 3.63) is 68.7 Å². The molecule has 0 heterocycles. The van der Waals surface area contributed by atoms with Crippen LogP contribution in [0.3, 0.4) is 0 Å². The van der Waals surface area contributed by atoms with E-state index in [9.17, 15) is 4.79 Å². The van der Waals surface area contributed by atoms with Crippen LogP contribution in [0.4, 0.5) is 0 Å². The van der Waals surface area contributed by atoms with Crippen LogP contribution in [0.25, 0.3) is 0 Å². The monoisotopic (exact) mass is 298 g/mol. The van der Waals surface area contributed by atoms with Gasteiger partial charge >= 0.3 is 0 Å². The highest BCUT2D eigenvalue weighted by atomic mass is 35.5. The Kier molecular flexibility index (Phi) is 4.28. The zero-order valence-corrected chi connectivity index (χ0v) is 11.6. The van der Waals surface area contributed by atoms with E-state index >= 15 is 0 Å². The first kappa shape index (κ1) is 13.4. The van der Waals surface area contributed by atoms with E-state index in [1.165, 1.54) is 0 Å². The molecule has 0 aromatic heterocycles. The largest absolute Gasteiger partial charge is 0.294 e. The molecule has 0 aliphatic heterocycles. The molecule has 0 N–H and O–H groups in total. The van der Waals surface area contributed by atoms with Crippen LogP contribution in [-0.4, -0.2) is 5.78 Å². The van der Waals surface area contributed by atoms with Crippen molar-refractivity contribution in [3.63, 3.8) is 0 Å². The van der Waals surface area contributed by atoms with Crippen molar-refractivity contribution in [3.8, 4) is 0 Å². The van der Waals surface area contributed by atoms with Crippen molar-refractivity contribution in [1.29, 1.82) is 0 Å². The van der Waals surface area contributed by atoms with Gasteiger partial charge in [0.1, 0.15) is 0 Å². The van der Waals surface area contributed by atoms with Gasteiger partial charge in [0.2, 0.25) is 0 Å². The van der Waals surface area contributed by atoms with Gasteiger partial charge in [0.15, 0.2) is 5.78 Å². The lowest BCUT2D eigenvalue weighted by Gasteiger charge is -2.06. The lowest BCUT2D eigenvalue weighted by molar-refractivity contribution is 0.0993. The van der Waals surface area contributed by atoms with Crippen LogP contribution in [0.15, 0.2) is 42.5 Å². The fraction of sp³-hybridized carbons (Fsp3) is 0.0714. The fourth-order valence-electron chi connectivity index (χ4n) is 1.60. The van der Waals surface area contributed by atoms with Gasteiger partial charge in [0, 0.05) is 12.0 Å². The number of ketones is 1. The fourth-order valence-corrected chi connectivity index (χ4v) is 2.22. The minimum atomic E-state index is -0.00381. The minimum Gasteiger partial charge on any atom is -0.294 e. The van der Waals surface area contributed by atoms with Gasteiger partial charge in [0.05, 0.1) is 15.1 Å². The topological polar surface area (TPSA) is 17.1 Å². The number of Topliss-reactive ketones (excluding diaryl/α,β-unsaturated/α-hetero) is 1. The summed E-state index contributed by atoms with van der Waals surface area (Å²) in [6, 6.07) is 12.4. The maximum atomic E-state index is 12.0. The Hall–Kier alpha value is -1.02. The Morgan fingerprint density at radius 3 is 2.22 bits per heavy atom. The number of halogens is 3. The van der Waals surface area contributed by atoms with E-state index in [2.05, 4.69) is 0 Å². The van der Waals surface area contributed by atoms with E-state index < -0.39 is 0 Å². The second-order valence-corrected chi connectivity index (χ2v) is 4.96. The molecule has 0 spiro atoms. The van der Waals surface area contributed by atoms with Crippen LogP contribution in [0, 0.1) is 0 Å². The van der Waals surface area contributed by atoms with Gasteiger partial charge in [0.25, 0.3) is 0 Å². The number of benzene rings is 2. The Bertz CT molecular complexity index is 579. The summed E-state index contributed by atoms with van der Waals surface area (Å²) in [4.78, 5) is 12.0. The van der Waals surface area contributed by atoms with Crippen molar-refractivity contribution >= 4 is 40.6 Å². The Morgan fingerprint density at radius 1 is 0.889 bits per heavy atom. The van der Waals surface area contributed by atoms with Crippen LogP contribution in [0.5, 0.6) is 0 Å². The van der Waals surface area contributed by atoms with Crippen molar-refractivity contribution in [2.24, 2.45) is 0 Å². The molecule has 0 amide bonds. The smallest absolute Gasteiger partial charge is 0.167 e. The van der Waals surface area contributed by atoms with Crippen molar-refractivity contribution in [1.82, 2.24) is 0 Å². The van der Waals surface area contributed by atoms with Crippen LogP contribution in [0.2, 0.25) is 15.1 Å². The zero-order chi connectivity index (χ0) is 13.1. The van der Waals surface area contributed by atoms with Gasteiger partial charge < -0.3 is 0 Å². The predicted molar refractivity (Wildman–Crippen MR) is 75.9 cm³/mol. The molecule has 0 bridgehead atoms. The van der Waals surface area contributed by atoms with Crippen molar-refractivity contribution in [2.75, 3.05) is 0 Å². The Labute approximate surface area is 120 Å². The zero-order valence-electron chi connectivity index (χ0n) is 9.29. The maximum Gasteiger partial charge on any atom is 0.167 e. The van der Waals surface area contributed by atoms with E-state index in [4.69, 9.17) is 34.8 Å². The van der Waals surface area contributed by atoms with Crippen molar-refractivity contribution in [2.45, 2.75) is 6.42 Å². The lowest BCUT2D eigenvalue weighted by Crippen LogP contribution is -2.03. The molecule has 0 atom stereocenters. The first-order valence-electron chi connectivity index (χ1n) is 5.30. The van der Waals surface area contributed by atoms with Crippen LogP contribution in [0.1, 0.15) is 15.9 Å². The molecule has 0 aliphatic carbocycles. The molecule has 0 aliphatic rings. The predicted octanol–water partition coefficient (Wildman–Crippen LogP) is 5.07. The molecule has 0 saturated heterocycles. The average molecular weight is 300 g/mol. The van der Waals surface area contributed by atoms with Gasteiger partial charge in [-0.3, -0.25) is 4.79 Å². The van der Waals surface area contributed by atoms with Crippen LogP contribution >= 0.6 is 34.8 Å². The van der Waals surface area contributed by atoms with Gasteiger partial charge in [-0.2, -0.15) is 0 Å². The van der Waals surface area contributed by atoms with E-state index in [1.807, 2.05) is 18.2 Å². The Morgan fingerprint density at radius 2 is 1.56 bits per heavy atom. The third-order valence-electron chi connectivity index (χ3n) is 2.56. The lowest BCUT2D eigenvalue weighted by atomic mass is 10.0. The standard InChI is InChI=1S/C14H9Cl3O/c15-11-7-6-10(13(16)14(11)17)8-12(18)9-4-2-1-3-5-9/h1-7H,8H2. The highest BCUT2D eigenvalue weighted by Gasteiger charge is 2.13. The molecule has 0 unspecified atom stereocenters. The molecule has 92 valence electrons. The molecule has 0 fully saturated rings. The molecular weight excluding hydrogens is 291 g/mol. The first-order chi connectivity index (χ1) is 8.59. The average Bonchev–Trinajstić information content (AvgIpc) is 2.40. The highest BCUT2D eigenvalue weighted by Crippen LogP contribution is 2.33.